The van der Waals surface area contributed by atoms with E-state index in [0.29, 0.717) is 18.1 Å². The quantitative estimate of drug-likeness (QED) is 0.865. The highest BCUT2D eigenvalue weighted by Gasteiger charge is 2.11. The van der Waals surface area contributed by atoms with Crippen LogP contribution in [0.25, 0.3) is 0 Å². The standard InChI is InChI=1S/C12H17ClFNO/c1-3-4-16-12-10(13)6-9(5-8(2)15)7-11(12)14/h6-8H,3-5,15H2,1-2H3. The zero-order chi connectivity index (χ0) is 12.1. The second kappa shape index (κ2) is 6.06. The highest BCUT2D eigenvalue weighted by Crippen LogP contribution is 2.29. The smallest absolute Gasteiger partial charge is 0.173 e. The second-order valence-corrected chi connectivity index (χ2v) is 4.33. The van der Waals surface area contributed by atoms with Crippen LogP contribution in [0.5, 0.6) is 5.75 Å². The molecule has 0 radical (unpaired) electrons. The molecule has 0 saturated carbocycles. The van der Waals surface area contributed by atoms with E-state index in [1.165, 1.54) is 6.07 Å². The molecular formula is C12H17ClFNO. The minimum absolute atomic E-state index is 0.0159. The maximum Gasteiger partial charge on any atom is 0.173 e. The average molecular weight is 246 g/mol. The van der Waals surface area contributed by atoms with Crippen molar-refractivity contribution in [3.63, 3.8) is 0 Å². The van der Waals surface area contributed by atoms with E-state index in [1.54, 1.807) is 6.07 Å². The van der Waals surface area contributed by atoms with Gasteiger partial charge in [0.15, 0.2) is 11.6 Å². The molecule has 0 aliphatic carbocycles. The van der Waals surface area contributed by atoms with Gasteiger partial charge < -0.3 is 10.5 Å². The summed E-state index contributed by atoms with van der Waals surface area (Å²) in [6.07, 6.45) is 1.42. The van der Waals surface area contributed by atoms with E-state index in [1.807, 2.05) is 13.8 Å². The van der Waals surface area contributed by atoms with Crippen LogP contribution in [-0.4, -0.2) is 12.6 Å². The maximum absolute atomic E-state index is 13.6. The molecule has 0 saturated heterocycles. The SMILES string of the molecule is CCCOc1c(F)cc(CC(C)N)cc1Cl. The van der Waals surface area contributed by atoms with E-state index >= 15 is 0 Å². The summed E-state index contributed by atoms with van der Waals surface area (Å²) in [5.41, 5.74) is 6.44. The molecule has 1 unspecified atom stereocenters. The van der Waals surface area contributed by atoms with E-state index in [4.69, 9.17) is 22.1 Å². The summed E-state index contributed by atoms with van der Waals surface area (Å²) < 4.78 is 18.9. The third kappa shape index (κ3) is 3.65. The predicted molar refractivity (Wildman–Crippen MR) is 64.5 cm³/mol. The fraction of sp³-hybridized carbons (Fsp3) is 0.500. The van der Waals surface area contributed by atoms with Gasteiger partial charge in [-0.2, -0.15) is 0 Å². The zero-order valence-electron chi connectivity index (χ0n) is 9.59. The topological polar surface area (TPSA) is 35.2 Å². The van der Waals surface area contributed by atoms with Crippen molar-refractivity contribution in [3.05, 3.63) is 28.5 Å². The summed E-state index contributed by atoms with van der Waals surface area (Å²) in [6, 6.07) is 3.12. The van der Waals surface area contributed by atoms with Gasteiger partial charge >= 0.3 is 0 Å². The number of benzene rings is 1. The number of rotatable bonds is 5. The van der Waals surface area contributed by atoms with Crippen LogP contribution in [0, 0.1) is 5.82 Å². The number of halogens is 2. The zero-order valence-corrected chi connectivity index (χ0v) is 10.4. The van der Waals surface area contributed by atoms with Gasteiger partial charge in [-0.05, 0) is 37.5 Å². The maximum atomic E-state index is 13.6. The summed E-state index contributed by atoms with van der Waals surface area (Å²) in [5.74, 6) is -0.284. The van der Waals surface area contributed by atoms with Gasteiger partial charge in [-0.3, -0.25) is 0 Å². The Morgan fingerprint density at radius 3 is 2.69 bits per heavy atom. The summed E-state index contributed by atoms with van der Waals surface area (Å²) in [7, 11) is 0. The predicted octanol–water partition coefficient (Wildman–Crippen LogP) is 3.16. The Morgan fingerprint density at radius 2 is 2.19 bits per heavy atom. The lowest BCUT2D eigenvalue weighted by Gasteiger charge is -2.11. The van der Waals surface area contributed by atoms with Crippen LogP contribution in [-0.2, 0) is 6.42 Å². The molecule has 1 aromatic carbocycles. The molecule has 0 aliphatic heterocycles. The fourth-order valence-electron chi connectivity index (χ4n) is 1.44. The van der Waals surface area contributed by atoms with Gasteiger partial charge in [0, 0.05) is 6.04 Å². The van der Waals surface area contributed by atoms with Crippen molar-refractivity contribution in [2.45, 2.75) is 32.7 Å². The van der Waals surface area contributed by atoms with Crippen molar-refractivity contribution >= 4 is 11.6 Å². The third-order valence-electron chi connectivity index (χ3n) is 2.07. The Kier molecular flexibility index (Phi) is 5.03. The molecule has 0 aliphatic rings. The monoisotopic (exact) mass is 245 g/mol. The first-order valence-corrected chi connectivity index (χ1v) is 5.78. The number of hydrogen-bond acceptors (Lipinski definition) is 2. The van der Waals surface area contributed by atoms with E-state index < -0.39 is 5.82 Å². The normalized spacial score (nSPS) is 12.6. The second-order valence-electron chi connectivity index (χ2n) is 3.92. The van der Waals surface area contributed by atoms with Gasteiger partial charge in [-0.1, -0.05) is 18.5 Å². The Hall–Kier alpha value is -0.800. The molecule has 2 nitrogen and oxygen atoms in total. The molecule has 2 N–H and O–H groups in total. The van der Waals surface area contributed by atoms with E-state index in [0.717, 1.165) is 12.0 Å². The number of hydrogen-bond donors (Lipinski definition) is 1. The van der Waals surface area contributed by atoms with Crippen molar-refractivity contribution in [2.24, 2.45) is 5.73 Å². The molecule has 1 atom stereocenters. The third-order valence-corrected chi connectivity index (χ3v) is 2.35. The number of ether oxygens (including phenoxy) is 1. The average Bonchev–Trinajstić information content (AvgIpc) is 2.15. The minimum atomic E-state index is -0.420. The van der Waals surface area contributed by atoms with Crippen molar-refractivity contribution in [1.82, 2.24) is 0 Å². The summed E-state index contributed by atoms with van der Waals surface area (Å²) >= 11 is 5.95. The molecule has 1 rings (SSSR count). The molecule has 90 valence electrons. The van der Waals surface area contributed by atoms with Gasteiger partial charge in [-0.15, -0.1) is 0 Å². The molecule has 0 fully saturated rings. The van der Waals surface area contributed by atoms with Crippen LogP contribution >= 0.6 is 11.6 Å². The molecule has 0 heterocycles. The van der Waals surface area contributed by atoms with E-state index in [2.05, 4.69) is 0 Å². The first-order valence-electron chi connectivity index (χ1n) is 5.41. The van der Waals surface area contributed by atoms with Crippen molar-refractivity contribution in [1.29, 1.82) is 0 Å². The van der Waals surface area contributed by atoms with Gasteiger partial charge in [0.05, 0.1) is 11.6 Å². The van der Waals surface area contributed by atoms with Gasteiger partial charge in [0.25, 0.3) is 0 Å². The van der Waals surface area contributed by atoms with Gasteiger partial charge in [0.2, 0.25) is 0 Å². The van der Waals surface area contributed by atoms with Crippen molar-refractivity contribution in [3.8, 4) is 5.75 Å². The van der Waals surface area contributed by atoms with Crippen LogP contribution in [0.1, 0.15) is 25.8 Å². The molecule has 0 aromatic heterocycles. The summed E-state index contributed by atoms with van der Waals surface area (Å²) in [5, 5.41) is 0.309. The molecule has 0 spiro atoms. The fourth-order valence-corrected chi connectivity index (χ4v) is 1.73. The van der Waals surface area contributed by atoms with E-state index in [-0.39, 0.29) is 11.8 Å². The van der Waals surface area contributed by atoms with Crippen LogP contribution < -0.4 is 10.5 Å². The van der Waals surface area contributed by atoms with Crippen molar-refractivity contribution in [2.75, 3.05) is 6.61 Å². The van der Waals surface area contributed by atoms with Crippen LogP contribution in [0.4, 0.5) is 4.39 Å². The highest BCUT2D eigenvalue weighted by molar-refractivity contribution is 6.32. The molecule has 0 amide bonds. The molecule has 16 heavy (non-hydrogen) atoms. The Morgan fingerprint density at radius 1 is 1.50 bits per heavy atom. The molecule has 1 aromatic rings. The molecule has 0 bridgehead atoms. The lowest BCUT2D eigenvalue weighted by Crippen LogP contribution is -2.17. The summed E-state index contributed by atoms with van der Waals surface area (Å²) in [4.78, 5) is 0. The van der Waals surface area contributed by atoms with Crippen LogP contribution in [0.3, 0.4) is 0 Å². The first-order chi connectivity index (χ1) is 7.54. The number of nitrogens with two attached hydrogens (primary N) is 1. The molecule has 4 heteroatoms. The Balaban J connectivity index is 2.89. The largest absolute Gasteiger partial charge is 0.489 e. The van der Waals surface area contributed by atoms with Crippen molar-refractivity contribution < 1.29 is 9.13 Å². The summed E-state index contributed by atoms with van der Waals surface area (Å²) in [6.45, 7) is 4.28. The Labute approximate surface area is 101 Å². The minimum Gasteiger partial charge on any atom is -0.489 e. The molecular weight excluding hydrogens is 229 g/mol. The van der Waals surface area contributed by atoms with Crippen LogP contribution in [0.15, 0.2) is 12.1 Å². The lowest BCUT2D eigenvalue weighted by atomic mass is 10.1. The first kappa shape index (κ1) is 13.3. The lowest BCUT2D eigenvalue weighted by molar-refractivity contribution is 0.301. The highest BCUT2D eigenvalue weighted by atomic mass is 35.5. The van der Waals surface area contributed by atoms with E-state index in [9.17, 15) is 4.39 Å². The van der Waals surface area contributed by atoms with Gasteiger partial charge in [0.1, 0.15) is 0 Å². The Bertz CT molecular complexity index is 332. The van der Waals surface area contributed by atoms with Crippen LogP contribution in [0.2, 0.25) is 5.02 Å². The van der Waals surface area contributed by atoms with Gasteiger partial charge in [-0.25, -0.2) is 4.39 Å².